The van der Waals surface area contributed by atoms with Crippen LogP contribution in [0.25, 0.3) is 0 Å². The quantitative estimate of drug-likeness (QED) is 0.614. The van der Waals surface area contributed by atoms with Gasteiger partial charge in [0.1, 0.15) is 5.56 Å². The van der Waals surface area contributed by atoms with Crippen LogP contribution in [0.1, 0.15) is 5.56 Å². The summed E-state index contributed by atoms with van der Waals surface area (Å²) in [6, 6.07) is 0. The smallest absolute Gasteiger partial charge is 0.379 e. The average molecular weight is 345 g/mol. The zero-order chi connectivity index (χ0) is 17.6. The molecule has 2 heterocycles. The van der Waals surface area contributed by atoms with E-state index in [4.69, 9.17) is 10.1 Å². The molecule has 8 nitrogen and oxygen atoms in total. The highest BCUT2D eigenvalue weighted by atomic mass is 19.4. The van der Waals surface area contributed by atoms with E-state index >= 15 is 0 Å². The van der Waals surface area contributed by atoms with Gasteiger partial charge in [0.25, 0.3) is 0 Å². The molecule has 1 fully saturated rings. The number of halogens is 3. The van der Waals surface area contributed by atoms with Crippen molar-refractivity contribution in [3.63, 3.8) is 0 Å². The lowest BCUT2D eigenvalue weighted by Crippen LogP contribution is -2.45. The number of rotatable bonds is 5. The number of morpholine rings is 1. The molecular weight excluding hydrogens is 327 g/mol. The van der Waals surface area contributed by atoms with Crippen LogP contribution in [0.15, 0.2) is 16.2 Å². The second-order valence-electron chi connectivity index (χ2n) is 4.88. The van der Waals surface area contributed by atoms with Crippen molar-refractivity contribution >= 4 is 24.7 Å². The minimum atomic E-state index is -4.59. The summed E-state index contributed by atoms with van der Waals surface area (Å²) < 4.78 is 45.1. The SMILES string of the molecule is C=Nc1c(C(F)(F)F)cnn1C(=NCC=N)NCN1CCOCC1. The fourth-order valence-electron chi connectivity index (χ4n) is 2.12. The number of aliphatic imine (C=N–C) groups is 2. The van der Waals surface area contributed by atoms with Gasteiger partial charge in [0.15, 0.2) is 5.82 Å². The van der Waals surface area contributed by atoms with Crippen LogP contribution < -0.4 is 5.32 Å². The molecule has 2 N–H and O–H groups in total. The first-order valence-corrected chi connectivity index (χ1v) is 7.17. The van der Waals surface area contributed by atoms with Crippen LogP contribution in [0.2, 0.25) is 0 Å². The van der Waals surface area contributed by atoms with Crippen LogP contribution >= 0.6 is 0 Å². The van der Waals surface area contributed by atoms with E-state index in [9.17, 15) is 13.2 Å². The highest BCUT2D eigenvalue weighted by Gasteiger charge is 2.37. The van der Waals surface area contributed by atoms with Gasteiger partial charge in [-0.2, -0.15) is 23.0 Å². The second kappa shape index (κ2) is 8.02. The van der Waals surface area contributed by atoms with Gasteiger partial charge in [-0.25, -0.2) is 9.98 Å². The van der Waals surface area contributed by atoms with Gasteiger partial charge >= 0.3 is 6.18 Å². The highest BCUT2D eigenvalue weighted by molar-refractivity contribution is 5.85. The van der Waals surface area contributed by atoms with Crippen LogP contribution in [0.5, 0.6) is 0 Å². The van der Waals surface area contributed by atoms with E-state index in [-0.39, 0.29) is 12.5 Å². The predicted octanol–water partition coefficient (Wildman–Crippen LogP) is 0.967. The predicted molar refractivity (Wildman–Crippen MR) is 83.3 cm³/mol. The molecule has 11 heteroatoms. The van der Waals surface area contributed by atoms with E-state index in [1.165, 1.54) is 0 Å². The average Bonchev–Trinajstić information content (AvgIpc) is 3.00. The van der Waals surface area contributed by atoms with Crippen LogP contribution in [-0.2, 0) is 10.9 Å². The molecule has 0 spiro atoms. The monoisotopic (exact) mass is 345 g/mol. The molecule has 132 valence electrons. The summed E-state index contributed by atoms with van der Waals surface area (Å²) in [5.74, 6) is -0.372. The van der Waals surface area contributed by atoms with Gasteiger partial charge in [-0.1, -0.05) is 0 Å². The molecular formula is C13H18F3N7O. The van der Waals surface area contributed by atoms with Crippen LogP contribution in [0.4, 0.5) is 19.0 Å². The Morgan fingerprint density at radius 2 is 2.17 bits per heavy atom. The van der Waals surface area contributed by atoms with Crippen molar-refractivity contribution in [2.45, 2.75) is 6.18 Å². The van der Waals surface area contributed by atoms with Gasteiger partial charge in [0, 0.05) is 19.3 Å². The lowest BCUT2D eigenvalue weighted by molar-refractivity contribution is -0.137. The Kier molecular flexibility index (Phi) is 6.04. The number of nitrogens with zero attached hydrogens (tertiary/aromatic N) is 5. The van der Waals surface area contributed by atoms with Gasteiger partial charge in [0.05, 0.1) is 32.6 Å². The summed E-state index contributed by atoms with van der Waals surface area (Å²) in [7, 11) is 0. The van der Waals surface area contributed by atoms with Gasteiger partial charge < -0.3 is 15.5 Å². The first-order valence-electron chi connectivity index (χ1n) is 7.17. The number of hydrogen-bond acceptors (Lipinski definition) is 6. The summed E-state index contributed by atoms with van der Waals surface area (Å²) >= 11 is 0. The lowest BCUT2D eigenvalue weighted by atomic mass is 10.3. The van der Waals surface area contributed by atoms with Crippen LogP contribution in [-0.4, -0.2) is 73.1 Å². The van der Waals surface area contributed by atoms with Crippen molar-refractivity contribution in [3.05, 3.63) is 11.8 Å². The second-order valence-corrected chi connectivity index (χ2v) is 4.88. The molecule has 24 heavy (non-hydrogen) atoms. The molecule has 0 aromatic carbocycles. The number of hydrogen-bond donors (Lipinski definition) is 2. The third-order valence-electron chi connectivity index (χ3n) is 3.30. The Morgan fingerprint density at radius 3 is 2.75 bits per heavy atom. The Balaban J connectivity index is 2.22. The zero-order valence-electron chi connectivity index (χ0n) is 12.9. The van der Waals surface area contributed by atoms with Crippen molar-refractivity contribution < 1.29 is 17.9 Å². The van der Waals surface area contributed by atoms with Gasteiger partial charge in [0.2, 0.25) is 5.96 Å². The van der Waals surface area contributed by atoms with E-state index < -0.39 is 17.6 Å². The first kappa shape index (κ1) is 18.1. The topological polar surface area (TPSA) is 90.9 Å². The van der Waals surface area contributed by atoms with Crippen molar-refractivity contribution in [2.75, 3.05) is 39.5 Å². The third-order valence-corrected chi connectivity index (χ3v) is 3.30. The Morgan fingerprint density at radius 1 is 1.46 bits per heavy atom. The van der Waals surface area contributed by atoms with E-state index in [0.717, 1.165) is 10.9 Å². The molecule has 0 amide bonds. The summed E-state index contributed by atoms with van der Waals surface area (Å²) in [4.78, 5) is 9.52. The molecule has 1 aromatic heterocycles. The Hall–Kier alpha value is -2.27. The molecule has 0 bridgehead atoms. The van der Waals surface area contributed by atoms with E-state index in [1.807, 2.05) is 4.90 Å². The maximum Gasteiger partial charge on any atom is 0.421 e. The molecule has 0 unspecified atom stereocenters. The normalized spacial score (nSPS) is 16.9. The first-order chi connectivity index (χ1) is 11.5. The number of ether oxygens (including phenoxy) is 1. The minimum absolute atomic E-state index is 0.00321. The van der Waals surface area contributed by atoms with Gasteiger partial charge in [-0.3, -0.25) is 4.90 Å². The fraction of sp³-hybridized carbons (Fsp3) is 0.538. The van der Waals surface area contributed by atoms with E-state index in [0.29, 0.717) is 39.2 Å². The molecule has 1 saturated heterocycles. The van der Waals surface area contributed by atoms with Crippen molar-refractivity contribution in [1.82, 2.24) is 20.0 Å². The highest BCUT2D eigenvalue weighted by Crippen LogP contribution is 2.35. The molecule has 0 aliphatic carbocycles. The summed E-state index contributed by atoms with van der Waals surface area (Å²) in [6.45, 7) is 6.13. The van der Waals surface area contributed by atoms with Crippen LogP contribution in [0, 0.1) is 5.41 Å². The maximum atomic E-state index is 13.0. The van der Waals surface area contributed by atoms with E-state index in [1.54, 1.807) is 0 Å². The van der Waals surface area contributed by atoms with Crippen molar-refractivity contribution in [2.24, 2.45) is 9.98 Å². The number of nitrogens with one attached hydrogen (secondary N) is 2. The summed E-state index contributed by atoms with van der Waals surface area (Å²) in [6.07, 6.45) is -2.88. The molecule has 1 aliphatic heterocycles. The molecule has 0 atom stereocenters. The van der Waals surface area contributed by atoms with E-state index in [2.05, 4.69) is 27.1 Å². The molecule has 1 aliphatic rings. The van der Waals surface area contributed by atoms with Crippen LogP contribution in [0.3, 0.4) is 0 Å². The zero-order valence-corrected chi connectivity index (χ0v) is 12.9. The molecule has 2 rings (SSSR count). The fourth-order valence-corrected chi connectivity index (χ4v) is 2.12. The largest absolute Gasteiger partial charge is 0.421 e. The lowest BCUT2D eigenvalue weighted by Gasteiger charge is -2.27. The number of alkyl halides is 3. The van der Waals surface area contributed by atoms with Gasteiger partial charge in [-0.15, -0.1) is 0 Å². The summed E-state index contributed by atoms with van der Waals surface area (Å²) in [5, 5.41) is 13.7. The molecule has 1 aromatic rings. The Bertz CT molecular complexity index is 605. The van der Waals surface area contributed by atoms with Crippen molar-refractivity contribution in [3.8, 4) is 0 Å². The van der Waals surface area contributed by atoms with Crippen molar-refractivity contribution in [1.29, 1.82) is 5.41 Å². The van der Waals surface area contributed by atoms with Gasteiger partial charge in [-0.05, 0) is 6.72 Å². The minimum Gasteiger partial charge on any atom is -0.379 e. The molecule has 0 saturated carbocycles. The Labute approximate surface area is 136 Å². The standard InChI is InChI=1S/C13H18F3N7O/c1-18-11-10(13(14,15)16)8-21-23(11)12(19-3-2-17)20-9-22-4-6-24-7-5-22/h2,8,17H,1,3-7,9H2,(H,19,20). The summed E-state index contributed by atoms with van der Waals surface area (Å²) in [5.41, 5.74) is -0.992. The number of aromatic nitrogens is 2. The third kappa shape index (κ3) is 4.38. The maximum absolute atomic E-state index is 13.0. The molecule has 0 radical (unpaired) electrons.